The predicted molar refractivity (Wildman–Crippen MR) is 108 cm³/mol. The maximum Gasteiger partial charge on any atom is 0.416 e. The van der Waals surface area contributed by atoms with Crippen molar-refractivity contribution in [2.45, 2.75) is 6.18 Å². The number of thiocarbonyl (C=S) groups is 1. The molecule has 1 heterocycles. The second-order valence-electron chi connectivity index (χ2n) is 6.67. The van der Waals surface area contributed by atoms with Crippen LogP contribution in [0, 0.1) is 15.9 Å². The number of nitro groups is 1. The molecule has 164 valence electrons. The summed E-state index contributed by atoms with van der Waals surface area (Å²) in [4.78, 5) is 25.9. The Morgan fingerprint density at radius 2 is 1.74 bits per heavy atom. The molecule has 7 nitrogen and oxygen atoms in total. The zero-order valence-electron chi connectivity index (χ0n) is 15.9. The topological polar surface area (TPSA) is 78.7 Å². The number of halogens is 4. The number of anilines is 1. The molecule has 0 atom stereocenters. The summed E-state index contributed by atoms with van der Waals surface area (Å²) in [7, 11) is 0. The number of alkyl halides is 3. The van der Waals surface area contributed by atoms with Gasteiger partial charge >= 0.3 is 6.18 Å². The van der Waals surface area contributed by atoms with Crippen LogP contribution in [0.25, 0.3) is 0 Å². The van der Waals surface area contributed by atoms with Crippen LogP contribution in [-0.2, 0) is 6.18 Å². The lowest BCUT2D eigenvalue weighted by Gasteiger charge is -2.37. The van der Waals surface area contributed by atoms with Crippen molar-refractivity contribution in [1.82, 2.24) is 10.2 Å². The van der Waals surface area contributed by atoms with E-state index in [-0.39, 0.29) is 42.5 Å². The van der Waals surface area contributed by atoms with Gasteiger partial charge in [0.05, 0.1) is 16.1 Å². The van der Waals surface area contributed by atoms with Crippen molar-refractivity contribution >= 4 is 34.6 Å². The van der Waals surface area contributed by atoms with Crippen molar-refractivity contribution in [2.24, 2.45) is 0 Å². The molecule has 1 aliphatic rings. The van der Waals surface area contributed by atoms with E-state index in [0.29, 0.717) is 6.07 Å². The largest absolute Gasteiger partial charge is 0.416 e. The van der Waals surface area contributed by atoms with Gasteiger partial charge < -0.3 is 9.80 Å². The molecule has 0 bridgehead atoms. The van der Waals surface area contributed by atoms with Crippen molar-refractivity contribution in [3.05, 3.63) is 69.5 Å². The molecular formula is C19H16F4N4O3S. The van der Waals surface area contributed by atoms with E-state index in [1.807, 2.05) is 0 Å². The molecule has 1 amide bonds. The number of benzene rings is 2. The normalized spacial score (nSPS) is 14.3. The molecule has 0 unspecified atom stereocenters. The van der Waals surface area contributed by atoms with E-state index in [4.69, 9.17) is 12.2 Å². The van der Waals surface area contributed by atoms with Gasteiger partial charge in [-0.3, -0.25) is 20.2 Å². The van der Waals surface area contributed by atoms with Crippen molar-refractivity contribution in [1.29, 1.82) is 0 Å². The minimum absolute atomic E-state index is 0.0647. The van der Waals surface area contributed by atoms with Gasteiger partial charge in [-0.1, -0.05) is 12.1 Å². The summed E-state index contributed by atoms with van der Waals surface area (Å²) in [6.07, 6.45) is -4.69. The van der Waals surface area contributed by atoms with Crippen LogP contribution in [0.15, 0.2) is 42.5 Å². The number of hydrogen-bond acceptors (Lipinski definition) is 5. The summed E-state index contributed by atoms with van der Waals surface area (Å²) in [5.41, 5.74) is -1.83. The smallest absolute Gasteiger partial charge is 0.362 e. The number of rotatable bonds is 3. The number of carbonyl (C=O) groups excluding carboxylic acids is 1. The Balaban J connectivity index is 1.67. The number of piperazine rings is 1. The summed E-state index contributed by atoms with van der Waals surface area (Å²) in [5, 5.41) is 13.8. The lowest BCUT2D eigenvalue weighted by Crippen LogP contribution is -2.52. The SMILES string of the molecule is O=C(NC(=S)N1CCN(c2ccc(C(F)(F)F)cc2[N+](=O)[O-])CC1)c1ccccc1F. The fraction of sp³-hybridized carbons (Fsp3) is 0.263. The van der Waals surface area contributed by atoms with Gasteiger partial charge in [-0.25, -0.2) is 4.39 Å². The van der Waals surface area contributed by atoms with Crippen LogP contribution < -0.4 is 10.2 Å². The number of amides is 1. The fourth-order valence-electron chi connectivity index (χ4n) is 3.15. The average molecular weight is 456 g/mol. The van der Waals surface area contributed by atoms with E-state index in [1.54, 1.807) is 9.80 Å². The zero-order chi connectivity index (χ0) is 22.8. The Labute approximate surface area is 179 Å². The number of hydrogen-bond donors (Lipinski definition) is 1. The first-order valence-electron chi connectivity index (χ1n) is 9.03. The molecule has 0 aliphatic carbocycles. The second-order valence-corrected chi connectivity index (χ2v) is 7.06. The van der Waals surface area contributed by atoms with Gasteiger partial charge in [0.1, 0.15) is 11.5 Å². The van der Waals surface area contributed by atoms with Crippen molar-refractivity contribution in [2.75, 3.05) is 31.1 Å². The first-order valence-corrected chi connectivity index (χ1v) is 9.44. The highest BCUT2D eigenvalue weighted by Crippen LogP contribution is 2.36. The molecule has 3 rings (SSSR count). The molecule has 0 saturated carbocycles. The third-order valence-electron chi connectivity index (χ3n) is 4.75. The van der Waals surface area contributed by atoms with Crippen LogP contribution in [-0.4, -0.2) is 47.0 Å². The molecule has 0 radical (unpaired) electrons. The minimum atomic E-state index is -4.69. The first-order chi connectivity index (χ1) is 14.6. The van der Waals surface area contributed by atoms with E-state index >= 15 is 0 Å². The summed E-state index contributed by atoms with van der Waals surface area (Å²) >= 11 is 5.19. The van der Waals surface area contributed by atoms with E-state index in [0.717, 1.165) is 18.2 Å². The summed E-state index contributed by atoms with van der Waals surface area (Å²) in [6, 6.07) is 7.81. The third kappa shape index (κ3) is 5.08. The van der Waals surface area contributed by atoms with Gasteiger partial charge in [0.25, 0.3) is 11.6 Å². The monoisotopic (exact) mass is 456 g/mol. The lowest BCUT2D eigenvalue weighted by atomic mass is 10.1. The van der Waals surface area contributed by atoms with E-state index < -0.39 is 34.1 Å². The molecule has 12 heteroatoms. The molecule has 0 spiro atoms. The van der Waals surface area contributed by atoms with Crippen molar-refractivity contribution < 1.29 is 27.3 Å². The molecule has 0 aromatic heterocycles. The Morgan fingerprint density at radius 3 is 2.32 bits per heavy atom. The van der Waals surface area contributed by atoms with Crippen LogP contribution in [0.1, 0.15) is 15.9 Å². The van der Waals surface area contributed by atoms with Gasteiger partial charge in [0, 0.05) is 32.2 Å². The highest BCUT2D eigenvalue weighted by molar-refractivity contribution is 7.80. The van der Waals surface area contributed by atoms with Crippen LogP contribution in [0.4, 0.5) is 28.9 Å². The van der Waals surface area contributed by atoms with Gasteiger partial charge in [-0.05, 0) is 36.5 Å². The van der Waals surface area contributed by atoms with E-state index in [1.165, 1.54) is 18.2 Å². The fourth-order valence-corrected chi connectivity index (χ4v) is 3.43. The average Bonchev–Trinajstić information content (AvgIpc) is 2.73. The summed E-state index contributed by atoms with van der Waals surface area (Å²) in [6.45, 7) is 0.965. The van der Waals surface area contributed by atoms with Gasteiger partial charge in [0.2, 0.25) is 0 Å². The summed E-state index contributed by atoms with van der Waals surface area (Å²) < 4.78 is 52.4. The quantitative estimate of drug-likeness (QED) is 0.329. The molecular weight excluding hydrogens is 440 g/mol. The van der Waals surface area contributed by atoms with Crippen molar-refractivity contribution in [3.63, 3.8) is 0 Å². The van der Waals surface area contributed by atoms with E-state index in [2.05, 4.69) is 5.32 Å². The number of nitrogens with one attached hydrogen (secondary N) is 1. The second kappa shape index (κ2) is 8.84. The van der Waals surface area contributed by atoms with Gasteiger partial charge in [-0.15, -0.1) is 0 Å². The Kier molecular flexibility index (Phi) is 6.39. The van der Waals surface area contributed by atoms with Crippen LogP contribution >= 0.6 is 12.2 Å². The predicted octanol–water partition coefficient (Wildman–Crippen LogP) is 3.59. The Morgan fingerprint density at radius 1 is 1.10 bits per heavy atom. The first kappa shape index (κ1) is 22.4. The molecule has 2 aromatic rings. The molecule has 1 fully saturated rings. The minimum Gasteiger partial charge on any atom is -0.362 e. The molecule has 2 aromatic carbocycles. The molecule has 1 aliphatic heterocycles. The van der Waals surface area contributed by atoms with Gasteiger partial charge in [-0.2, -0.15) is 13.2 Å². The Bertz CT molecular complexity index is 1020. The molecule has 1 saturated heterocycles. The maximum atomic E-state index is 13.7. The molecule has 1 N–H and O–H groups in total. The lowest BCUT2D eigenvalue weighted by molar-refractivity contribution is -0.384. The number of carbonyl (C=O) groups is 1. The molecule has 31 heavy (non-hydrogen) atoms. The van der Waals surface area contributed by atoms with Crippen LogP contribution in [0.5, 0.6) is 0 Å². The maximum absolute atomic E-state index is 13.7. The van der Waals surface area contributed by atoms with Crippen LogP contribution in [0.2, 0.25) is 0 Å². The van der Waals surface area contributed by atoms with Gasteiger partial charge in [0.15, 0.2) is 5.11 Å². The standard InChI is InChI=1S/C19H16F4N4O3S/c20-14-4-2-1-3-13(14)17(28)24-18(31)26-9-7-25(8-10-26)15-6-5-12(19(21,22)23)11-16(15)27(29)30/h1-6,11H,7-10H2,(H,24,28,31). The number of nitro benzene ring substituents is 1. The highest BCUT2D eigenvalue weighted by atomic mass is 32.1. The van der Waals surface area contributed by atoms with Crippen LogP contribution in [0.3, 0.4) is 0 Å². The highest BCUT2D eigenvalue weighted by Gasteiger charge is 2.34. The third-order valence-corrected chi connectivity index (χ3v) is 5.11. The zero-order valence-corrected chi connectivity index (χ0v) is 16.7. The van der Waals surface area contributed by atoms with Crippen molar-refractivity contribution in [3.8, 4) is 0 Å². The Hall–Kier alpha value is -3.28. The van der Waals surface area contributed by atoms with E-state index in [9.17, 15) is 32.5 Å². The summed E-state index contributed by atoms with van der Waals surface area (Å²) in [5.74, 6) is -1.40. The number of nitrogens with zero attached hydrogens (tertiary/aromatic N) is 3.